The highest BCUT2D eigenvalue weighted by molar-refractivity contribution is 6.13. The summed E-state index contributed by atoms with van der Waals surface area (Å²) in [4.78, 5) is 41.3. The van der Waals surface area contributed by atoms with Gasteiger partial charge in [0.05, 0.1) is 12.1 Å². The van der Waals surface area contributed by atoms with Crippen molar-refractivity contribution < 1.29 is 28.0 Å². The number of carbonyl (C=O) groups is 3. The average Bonchev–Trinajstić information content (AvgIpc) is 3.36. The van der Waals surface area contributed by atoms with Crippen LogP contribution in [-0.4, -0.2) is 34.4 Å². The van der Waals surface area contributed by atoms with Crippen LogP contribution >= 0.6 is 0 Å². The molecule has 3 aromatic carbocycles. The summed E-state index contributed by atoms with van der Waals surface area (Å²) in [6, 6.07) is 20.9. The van der Waals surface area contributed by atoms with E-state index in [-0.39, 0.29) is 36.2 Å². The van der Waals surface area contributed by atoms with E-state index >= 15 is 0 Å². The molecule has 8 nitrogen and oxygen atoms in total. The highest BCUT2D eigenvalue weighted by atomic mass is 19.1. The maximum absolute atomic E-state index is 13.0. The van der Waals surface area contributed by atoms with Gasteiger partial charge in [0.2, 0.25) is 11.7 Å². The molecule has 9 heteroatoms. The van der Waals surface area contributed by atoms with Crippen molar-refractivity contribution in [1.29, 1.82) is 0 Å². The molecule has 0 bridgehead atoms. The lowest BCUT2D eigenvalue weighted by atomic mass is 10.0. The first-order valence-corrected chi connectivity index (χ1v) is 10.7. The van der Waals surface area contributed by atoms with Crippen LogP contribution in [0, 0.1) is 5.82 Å². The van der Waals surface area contributed by atoms with Crippen molar-refractivity contribution in [3.8, 4) is 11.4 Å². The topological polar surface area (TPSA) is 111 Å². The third-order valence-electron chi connectivity index (χ3n) is 4.96. The zero-order chi connectivity index (χ0) is 24.6. The molecule has 0 aliphatic carbocycles. The van der Waals surface area contributed by atoms with Gasteiger partial charge in [0.25, 0.3) is 5.91 Å². The summed E-state index contributed by atoms with van der Waals surface area (Å²) in [5, 5.41) is 6.42. The van der Waals surface area contributed by atoms with Crippen LogP contribution in [0.2, 0.25) is 0 Å². The molecule has 0 fully saturated rings. The highest BCUT2D eigenvalue weighted by Crippen LogP contribution is 2.20. The Morgan fingerprint density at radius 1 is 0.914 bits per heavy atom. The molecule has 0 saturated carbocycles. The molecule has 1 amide bonds. The summed E-state index contributed by atoms with van der Waals surface area (Å²) >= 11 is 0. The van der Waals surface area contributed by atoms with Gasteiger partial charge in [-0.15, -0.1) is 0 Å². The number of para-hydroxylation sites is 1. The van der Waals surface area contributed by atoms with Gasteiger partial charge in [0, 0.05) is 23.1 Å². The van der Waals surface area contributed by atoms with Crippen molar-refractivity contribution in [3.05, 3.63) is 102 Å². The van der Waals surface area contributed by atoms with Crippen LogP contribution < -0.4 is 5.32 Å². The van der Waals surface area contributed by atoms with Crippen molar-refractivity contribution >= 4 is 23.3 Å². The molecule has 0 spiro atoms. The van der Waals surface area contributed by atoms with Gasteiger partial charge < -0.3 is 14.6 Å². The second kappa shape index (κ2) is 11.0. The van der Waals surface area contributed by atoms with Crippen LogP contribution in [0.3, 0.4) is 0 Å². The van der Waals surface area contributed by atoms with Crippen molar-refractivity contribution in [3.63, 3.8) is 0 Å². The Kier molecular flexibility index (Phi) is 7.37. The summed E-state index contributed by atoms with van der Waals surface area (Å²) in [6.07, 6.45) is 0.0322. The third kappa shape index (κ3) is 6.23. The van der Waals surface area contributed by atoms with Gasteiger partial charge in [-0.3, -0.25) is 14.4 Å². The number of ether oxygens (including phenoxy) is 1. The predicted octanol–water partition coefficient (Wildman–Crippen LogP) is 4.22. The Labute approximate surface area is 199 Å². The molecule has 0 unspecified atom stereocenters. The number of ketones is 1. The number of carbonyl (C=O) groups excluding carboxylic acids is 3. The number of benzene rings is 3. The predicted molar refractivity (Wildman–Crippen MR) is 124 cm³/mol. The number of anilines is 1. The van der Waals surface area contributed by atoms with Gasteiger partial charge >= 0.3 is 5.97 Å². The van der Waals surface area contributed by atoms with E-state index in [2.05, 4.69) is 15.5 Å². The van der Waals surface area contributed by atoms with E-state index in [0.717, 1.165) is 0 Å². The molecule has 1 N–H and O–H groups in total. The summed E-state index contributed by atoms with van der Waals surface area (Å²) in [6.45, 7) is -0.517. The normalized spacial score (nSPS) is 10.5. The second-order valence-electron chi connectivity index (χ2n) is 7.47. The number of aryl methyl sites for hydroxylation is 1. The van der Waals surface area contributed by atoms with Crippen molar-refractivity contribution in [2.45, 2.75) is 12.8 Å². The van der Waals surface area contributed by atoms with Crippen LogP contribution in [0.5, 0.6) is 0 Å². The molecular formula is C26H20FN3O5. The fourth-order valence-electron chi connectivity index (χ4n) is 3.22. The Morgan fingerprint density at radius 2 is 1.63 bits per heavy atom. The van der Waals surface area contributed by atoms with Gasteiger partial charge in [-0.1, -0.05) is 47.6 Å². The largest absolute Gasteiger partial charge is 0.456 e. The number of esters is 1. The number of halogens is 1. The van der Waals surface area contributed by atoms with Gasteiger partial charge in [0.15, 0.2) is 12.4 Å². The molecule has 1 aromatic heterocycles. The van der Waals surface area contributed by atoms with E-state index in [1.165, 1.54) is 24.3 Å². The molecule has 0 saturated heterocycles. The maximum Gasteiger partial charge on any atom is 0.306 e. The first kappa shape index (κ1) is 23.5. The molecule has 0 radical (unpaired) electrons. The first-order chi connectivity index (χ1) is 17.0. The number of nitrogens with one attached hydrogen (secondary N) is 1. The third-order valence-corrected chi connectivity index (χ3v) is 4.96. The van der Waals surface area contributed by atoms with E-state index in [1.807, 2.05) is 6.07 Å². The monoisotopic (exact) mass is 473 g/mol. The summed E-state index contributed by atoms with van der Waals surface area (Å²) in [7, 11) is 0. The van der Waals surface area contributed by atoms with E-state index in [9.17, 15) is 18.8 Å². The fourth-order valence-corrected chi connectivity index (χ4v) is 3.22. The zero-order valence-corrected chi connectivity index (χ0v) is 18.4. The molecular weight excluding hydrogens is 453 g/mol. The highest BCUT2D eigenvalue weighted by Gasteiger charge is 2.16. The van der Waals surface area contributed by atoms with Gasteiger partial charge in [0.1, 0.15) is 5.82 Å². The molecule has 176 valence electrons. The van der Waals surface area contributed by atoms with Gasteiger partial charge in [-0.05, 0) is 36.4 Å². The Morgan fingerprint density at radius 3 is 2.40 bits per heavy atom. The van der Waals surface area contributed by atoms with E-state index in [1.54, 1.807) is 48.5 Å². The smallest absolute Gasteiger partial charge is 0.306 e. The number of hydrogen-bond donors (Lipinski definition) is 1. The minimum absolute atomic E-state index is 0.0819. The Hall–Kier alpha value is -4.66. The quantitative estimate of drug-likeness (QED) is 0.286. The molecule has 0 aliphatic heterocycles. The second-order valence-corrected chi connectivity index (χ2v) is 7.47. The van der Waals surface area contributed by atoms with E-state index < -0.39 is 18.5 Å². The maximum atomic E-state index is 13.0. The van der Waals surface area contributed by atoms with Gasteiger partial charge in [-0.2, -0.15) is 4.98 Å². The summed E-state index contributed by atoms with van der Waals surface area (Å²) in [5.74, 6) is -1.34. The Balaban J connectivity index is 1.27. The fraction of sp³-hybridized carbons (Fsp3) is 0.115. The molecule has 35 heavy (non-hydrogen) atoms. The van der Waals surface area contributed by atoms with Crippen LogP contribution in [0.25, 0.3) is 11.4 Å². The summed E-state index contributed by atoms with van der Waals surface area (Å²) in [5.41, 5.74) is 1.71. The lowest BCUT2D eigenvalue weighted by molar-refractivity contribution is -0.147. The van der Waals surface area contributed by atoms with Gasteiger partial charge in [-0.25, -0.2) is 4.39 Å². The van der Waals surface area contributed by atoms with E-state index in [0.29, 0.717) is 22.4 Å². The Bertz CT molecular complexity index is 1340. The lowest BCUT2D eigenvalue weighted by Crippen LogP contribution is -2.22. The number of rotatable bonds is 9. The molecule has 0 atom stereocenters. The number of aromatic nitrogens is 2. The van der Waals surface area contributed by atoms with Crippen molar-refractivity contribution in [1.82, 2.24) is 10.1 Å². The molecule has 4 rings (SSSR count). The molecule has 0 aliphatic rings. The first-order valence-electron chi connectivity index (χ1n) is 10.7. The lowest BCUT2D eigenvalue weighted by Gasteiger charge is -2.11. The minimum atomic E-state index is -0.629. The standard InChI is InChI=1S/C26H20FN3O5/c27-19-12-10-18(11-13-19)26-29-23(35-30-26)14-15-24(32)34-16-22(31)28-21-9-5-4-8-20(21)25(33)17-6-2-1-3-7-17/h1-13H,14-16H2,(H,28,31). The van der Waals surface area contributed by atoms with Crippen molar-refractivity contribution in [2.24, 2.45) is 0 Å². The number of hydrogen-bond acceptors (Lipinski definition) is 7. The van der Waals surface area contributed by atoms with Crippen molar-refractivity contribution in [2.75, 3.05) is 11.9 Å². The number of amides is 1. The molecule has 1 heterocycles. The van der Waals surface area contributed by atoms with E-state index in [4.69, 9.17) is 9.26 Å². The minimum Gasteiger partial charge on any atom is -0.456 e. The van der Waals surface area contributed by atoms with Crippen LogP contribution in [0.4, 0.5) is 10.1 Å². The zero-order valence-electron chi connectivity index (χ0n) is 18.4. The SMILES string of the molecule is O=C(COC(=O)CCc1nc(-c2ccc(F)cc2)no1)Nc1ccccc1C(=O)c1ccccc1. The summed E-state index contributed by atoms with van der Waals surface area (Å²) < 4.78 is 23.2. The average molecular weight is 473 g/mol. The molecule has 4 aromatic rings. The van der Waals surface area contributed by atoms with Crippen LogP contribution in [-0.2, 0) is 20.7 Å². The number of nitrogens with zero attached hydrogens (tertiary/aromatic N) is 2. The van der Waals surface area contributed by atoms with Crippen LogP contribution in [0.1, 0.15) is 28.2 Å². The van der Waals surface area contributed by atoms with Crippen LogP contribution in [0.15, 0.2) is 83.4 Å².